The van der Waals surface area contributed by atoms with Crippen LogP contribution >= 0.6 is 24.0 Å². The molecule has 2 atom stereocenters. The Labute approximate surface area is 127 Å². The Morgan fingerprint density at radius 2 is 2.05 bits per heavy atom. The van der Waals surface area contributed by atoms with Crippen LogP contribution in [0.1, 0.15) is 23.7 Å². The van der Waals surface area contributed by atoms with Crippen LogP contribution < -0.4 is 10.6 Å². The van der Waals surface area contributed by atoms with Crippen LogP contribution in [-0.4, -0.2) is 25.0 Å². The molecule has 0 bridgehead atoms. The second kappa shape index (κ2) is 7.20. The Kier molecular flexibility index (Phi) is 6.17. The van der Waals surface area contributed by atoms with Gasteiger partial charge in [0.1, 0.15) is 0 Å². The van der Waals surface area contributed by atoms with Crippen molar-refractivity contribution in [3.63, 3.8) is 0 Å². The summed E-state index contributed by atoms with van der Waals surface area (Å²) in [5.74, 6) is -2.29. The van der Waals surface area contributed by atoms with Crippen molar-refractivity contribution in [3.8, 4) is 0 Å². The highest BCUT2D eigenvalue weighted by Gasteiger charge is 2.24. The average molecular weight is 325 g/mol. The van der Waals surface area contributed by atoms with Crippen molar-refractivity contribution in [2.45, 2.75) is 19.4 Å². The predicted octanol–water partition coefficient (Wildman–Crippen LogP) is 2.77. The molecule has 1 heterocycles. The Balaban J connectivity index is 0.00000200. The summed E-state index contributed by atoms with van der Waals surface area (Å²) in [7, 11) is 0. The zero-order valence-electron chi connectivity index (χ0n) is 10.9. The molecule has 1 aromatic carbocycles. The molecule has 0 radical (unpaired) electrons. The Morgan fingerprint density at radius 1 is 1.40 bits per heavy atom. The number of piperidine rings is 1. The molecule has 1 amide bonds. The number of benzene rings is 1. The van der Waals surface area contributed by atoms with Crippen molar-refractivity contribution in [2.75, 3.05) is 13.1 Å². The molecule has 0 aromatic heterocycles. The van der Waals surface area contributed by atoms with Gasteiger partial charge in [0.2, 0.25) is 0 Å². The van der Waals surface area contributed by atoms with E-state index in [4.69, 9.17) is 11.6 Å². The molecule has 1 saturated heterocycles. The molecule has 0 spiro atoms. The molecule has 1 aliphatic heterocycles. The molecule has 3 nitrogen and oxygen atoms in total. The minimum atomic E-state index is -1.08. The van der Waals surface area contributed by atoms with Crippen LogP contribution in [0.15, 0.2) is 12.1 Å². The summed E-state index contributed by atoms with van der Waals surface area (Å²) in [6.45, 7) is 3.62. The van der Waals surface area contributed by atoms with Gasteiger partial charge in [0, 0.05) is 12.6 Å². The molecule has 1 fully saturated rings. The van der Waals surface area contributed by atoms with E-state index in [-0.39, 0.29) is 29.0 Å². The number of hydrogen-bond donors (Lipinski definition) is 2. The molecule has 2 rings (SSSR count). The second-order valence-corrected chi connectivity index (χ2v) is 5.20. The van der Waals surface area contributed by atoms with Gasteiger partial charge in [-0.1, -0.05) is 18.5 Å². The highest BCUT2D eigenvalue weighted by molar-refractivity contribution is 6.33. The van der Waals surface area contributed by atoms with Gasteiger partial charge < -0.3 is 10.6 Å². The fourth-order valence-corrected chi connectivity index (χ4v) is 2.36. The zero-order chi connectivity index (χ0) is 14.0. The van der Waals surface area contributed by atoms with Crippen molar-refractivity contribution in [1.29, 1.82) is 0 Å². The van der Waals surface area contributed by atoms with Crippen LogP contribution in [0.3, 0.4) is 0 Å². The molecule has 2 unspecified atom stereocenters. The molecule has 112 valence electrons. The second-order valence-electron chi connectivity index (χ2n) is 4.80. The fraction of sp³-hybridized carbons (Fsp3) is 0.462. The molecule has 1 aliphatic rings. The number of carbonyl (C=O) groups excluding carboxylic acids is 1. The van der Waals surface area contributed by atoms with E-state index < -0.39 is 17.5 Å². The summed E-state index contributed by atoms with van der Waals surface area (Å²) in [6.07, 6.45) is 0.955. The molecule has 0 saturated carbocycles. The number of hydrogen-bond acceptors (Lipinski definition) is 2. The lowest BCUT2D eigenvalue weighted by Crippen LogP contribution is -2.50. The zero-order valence-corrected chi connectivity index (χ0v) is 12.5. The number of amides is 1. The summed E-state index contributed by atoms with van der Waals surface area (Å²) in [5.41, 5.74) is -0.0432. The molecule has 2 N–H and O–H groups in total. The summed E-state index contributed by atoms with van der Waals surface area (Å²) in [6, 6.07) is 1.60. The van der Waals surface area contributed by atoms with Gasteiger partial charge in [0.15, 0.2) is 11.6 Å². The largest absolute Gasteiger partial charge is 0.348 e. The first-order valence-corrected chi connectivity index (χ1v) is 6.53. The first-order valence-electron chi connectivity index (χ1n) is 6.15. The molecule has 7 heteroatoms. The highest BCUT2D eigenvalue weighted by Crippen LogP contribution is 2.21. The normalized spacial score (nSPS) is 22.0. The van der Waals surface area contributed by atoms with E-state index in [2.05, 4.69) is 10.6 Å². The van der Waals surface area contributed by atoms with Gasteiger partial charge >= 0.3 is 0 Å². The quantitative estimate of drug-likeness (QED) is 0.821. The number of rotatable bonds is 2. The van der Waals surface area contributed by atoms with Gasteiger partial charge in [-0.05, 0) is 31.0 Å². The van der Waals surface area contributed by atoms with E-state index in [0.717, 1.165) is 25.1 Å². The van der Waals surface area contributed by atoms with Crippen molar-refractivity contribution < 1.29 is 13.6 Å². The van der Waals surface area contributed by atoms with E-state index >= 15 is 0 Å². The maximum absolute atomic E-state index is 13.1. The lowest BCUT2D eigenvalue weighted by molar-refractivity contribution is 0.0915. The van der Waals surface area contributed by atoms with E-state index in [9.17, 15) is 13.6 Å². The van der Waals surface area contributed by atoms with E-state index in [0.29, 0.717) is 12.5 Å². The summed E-state index contributed by atoms with van der Waals surface area (Å²) >= 11 is 5.77. The van der Waals surface area contributed by atoms with Gasteiger partial charge in [-0.15, -0.1) is 12.4 Å². The van der Waals surface area contributed by atoms with Crippen LogP contribution in [0.4, 0.5) is 8.78 Å². The van der Waals surface area contributed by atoms with Crippen LogP contribution in [0, 0.1) is 17.6 Å². The number of nitrogens with one attached hydrogen (secondary N) is 2. The summed E-state index contributed by atoms with van der Waals surface area (Å²) < 4.78 is 26.1. The van der Waals surface area contributed by atoms with Gasteiger partial charge in [0.05, 0.1) is 10.6 Å². The third kappa shape index (κ3) is 3.81. The minimum Gasteiger partial charge on any atom is -0.348 e. The Hall–Kier alpha value is -0.910. The minimum absolute atomic E-state index is 0. The summed E-state index contributed by atoms with van der Waals surface area (Å²) in [5, 5.41) is 5.88. The highest BCUT2D eigenvalue weighted by atomic mass is 35.5. The Bertz CT molecular complexity index is 500. The lowest BCUT2D eigenvalue weighted by Gasteiger charge is -2.30. The van der Waals surface area contributed by atoms with Crippen LogP contribution in [-0.2, 0) is 0 Å². The number of halogens is 4. The molecule has 1 aromatic rings. The first-order chi connectivity index (χ1) is 8.99. The van der Waals surface area contributed by atoms with Crippen molar-refractivity contribution in [3.05, 3.63) is 34.4 Å². The standard InChI is InChI=1S/C13H15ClF2N2O.ClH/c1-7-2-3-17-6-12(7)18-13(19)8-4-10(15)11(16)5-9(8)14;/h4-5,7,12,17H,2-3,6H2,1H3,(H,18,19);1H. The maximum Gasteiger partial charge on any atom is 0.253 e. The molecular formula is C13H16Cl2F2N2O. The third-order valence-electron chi connectivity index (χ3n) is 3.40. The average Bonchev–Trinajstić information content (AvgIpc) is 2.36. The van der Waals surface area contributed by atoms with E-state index in [1.54, 1.807) is 0 Å². The SMILES string of the molecule is CC1CCNCC1NC(=O)c1cc(F)c(F)cc1Cl.Cl. The van der Waals surface area contributed by atoms with Crippen LogP contribution in [0.2, 0.25) is 5.02 Å². The number of carbonyl (C=O) groups is 1. The van der Waals surface area contributed by atoms with E-state index in [1.165, 1.54) is 0 Å². The van der Waals surface area contributed by atoms with E-state index in [1.807, 2.05) is 6.92 Å². The maximum atomic E-state index is 13.1. The molecular weight excluding hydrogens is 309 g/mol. The molecule has 0 aliphatic carbocycles. The van der Waals surface area contributed by atoms with Crippen LogP contribution in [0.5, 0.6) is 0 Å². The predicted molar refractivity (Wildman–Crippen MR) is 76.5 cm³/mol. The van der Waals surface area contributed by atoms with Crippen molar-refractivity contribution >= 4 is 29.9 Å². The third-order valence-corrected chi connectivity index (χ3v) is 3.71. The fourth-order valence-electron chi connectivity index (χ4n) is 2.13. The van der Waals surface area contributed by atoms with Gasteiger partial charge in [0.25, 0.3) is 5.91 Å². The van der Waals surface area contributed by atoms with Crippen LogP contribution in [0.25, 0.3) is 0 Å². The molecule has 20 heavy (non-hydrogen) atoms. The van der Waals surface area contributed by atoms with Gasteiger partial charge in [-0.25, -0.2) is 8.78 Å². The Morgan fingerprint density at radius 3 is 2.70 bits per heavy atom. The van der Waals surface area contributed by atoms with Gasteiger partial charge in [-0.2, -0.15) is 0 Å². The monoisotopic (exact) mass is 324 g/mol. The van der Waals surface area contributed by atoms with Crippen molar-refractivity contribution in [1.82, 2.24) is 10.6 Å². The first kappa shape index (κ1) is 17.1. The van der Waals surface area contributed by atoms with Crippen molar-refractivity contribution in [2.24, 2.45) is 5.92 Å². The summed E-state index contributed by atoms with van der Waals surface area (Å²) in [4.78, 5) is 12.0. The lowest BCUT2D eigenvalue weighted by atomic mass is 9.94. The van der Waals surface area contributed by atoms with Gasteiger partial charge in [-0.3, -0.25) is 4.79 Å². The smallest absolute Gasteiger partial charge is 0.253 e. The topological polar surface area (TPSA) is 41.1 Å².